The molecule has 0 saturated heterocycles. The van der Waals surface area contributed by atoms with E-state index in [1.54, 1.807) is 0 Å². The average molecular weight is 204 g/mol. The molecule has 15 heavy (non-hydrogen) atoms. The van der Waals surface area contributed by atoms with Crippen molar-refractivity contribution >= 4 is 5.71 Å². The summed E-state index contributed by atoms with van der Waals surface area (Å²) in [6, 6.07) is 6.35. The monoisotopic (exact) mass is 204 g/mol. The van der Waals surface area contributed by atoms with Crippen molar-refractivity contribution in [3.8, 4) is 0 Å². The molecule has 1 aliphatic rings. The van der Waals surface area contributed by atoms with Gasteiger partial charge in [-0.2, -0.15) is 0 Å². The predicted molar refractivity (Wildman–Crippen MR) is 61.0 cm³/mol. The number of oxime groups is 1. The van der Waals surface area contributed by atoms with Crippen LogP contribution in [-0.2, 0) is 4.84 Å². The first kappa shape index (κ1) is 10.2. The van der Waals surface area contributed by atoms with Gasteiger partial charge >= 0.3 is 0 Å². The van der Waals surface area contributed by atoms with Crippen LogP contribution in [-0.4, -0.2) is 18.4 Å². The second kappa shape index (κ2) is 4.03. The van der Waals surface area contributed by atoms with Crippen molar-refractivity contribution in [1.29, 1.82) is 0 Å². The molecule has 3 heteroatoms. The molecule has 2 N–H and O–H groups in total. The van der Waals surface area contributed by atoms with Gasteiger partial charge in [0.1, 0.15) is 6.10 Å². The minimum atomic E-state index is 0.0570. The van der Waals surface area contributed by atoms with E-state index in [1.807, 2.05) is 0 Å². The van der Waals surface area contributed by atoms with Crippen molar-refractivity contribution < 1.29 is 4.84 Å². The van der Waals surface area contributed by atoms with Gasteiger partial charge in [-0.05, 0) is 36.6 Å². The summed E-state index contributed by atoms with van der Waals surface area (Å²) in [6.07, 6.45) is 0.875. The van der Waals surface area contributed by atoms with E-state index in [4.69, 9.17) is 10.6 Å². The minimum absolute atomic E-state index is 0.0570. The maximum atomic E-state index is 5.53. The summed E-state index contributed by atoms with van der Waals surface area (Å²) < 4.78 is 0. The highest BCUT2D eigenvalue weighted by Crippen LogP contribution is 2.18. The van der Waals surface area contributed by atoms with Crippen LogP contribution in [0.1, 0.15) is 23.1 Å². The van der Waals surface area contributed by atoms with Crippen molar-refractivity contribution in [2.24, 2.45) is 10.9 Å². The first-order valence-electron chi connectivity index (χ1n) is 5.21. The second-order valence-electron chi connectivity index (χ2n) is 4.00. The molecular formula is C12H16N2O. The third kappa shape index (κ3) is 2.02. The maximum Gasteiger partial charge on any atom is 0.145 e. The zero-order chi connectivity index (χ0) is 10.8. The summed E-state index contributed by atoms with van der Waals surface area (Å²) in [5, 5.41) is 4.07. The number of hydrogen-bond acceptors (Lipinski definition) is 3. The summed E-state index contributed by atoms with van der Waals surface area (Å²) in [6.45, 7) is 4.74. The summed E-state index contributed by atoms with van der Waals surface area (Å²) in [5.74, 6) is 0. The van der Waals surface area contributed by atoms with E-state index < -0.39 is 0 Å². The number of nitrogens with zero attached hydrogens (tertiary/aromatic N) is 1. The molecule has 1 aliphatic heterocycles. The van der Waals surface area contributed by atoms with Gasteiger partial charge in [0.25, 0.3) is 0 Å². The Kier molecular flexibility index (Phi) is 2.73. The Balaban J connectivity index is 2.21. The molecule has 3 nitrogen and oxygen atoms in total. The highest BCUT2D eigenvalue weighted by atomic mass is 16.6. The Hall–Kier alpha value is -1.35. The van der Waals surface area contributed by atoms with Crippen molar-refractivity contribution in [3.05, 3.63) is 34.9 Å². The molecule has 0 aromatic heterocycles. The number of aryl methyl sites for hydroxylation is 2. The molecule has 1 atom stereocenters. The average Bonchev–Trinajstić information content (AvgIpc) is 2.70. The topological polar surface area (TPSA) is 47.6 Å². The van der Waals surface area contributed by atoms with Crippen molar-refractivity contribution in [2.45, 2.75) is 26.4 Å². The summed E-state index contributed by atoms with van der Waals surface area (Å²) >= 11 is 0. The molecule has 0 spiro atoms. The van der Waals surface area contributed by atoms with E-state index >= 15 is 0 Å². The minimum Gasteiger partial charge on any atom is -0.390 e. The van der Waals surface area contributed by atoms with Gasteiger partial charge < -0.3 is 10.6 Å². The van der Waals surface area contributed by atoms with Crippen LogP contribution in [0.25, 0.3) is 0 Å². The Bertz CT molecular complexity index is 399. The smallest absolute Gasteiger partial charge is 0.145 e. The van der Waals surface area contributed by atoms with Gasteiger partial charge in [0, 0.05) is 13.0 Å². The van der Waals surface area contributed by atoms with Gasteiger partial charge in [-0.1, -0.05) is 17.3 Å². The Morgan fingerprint density at radius 2 is 2.20 bits per heavy atom. The molecule has 0 bridgehead atoms. The molecule has 2 rings (SSSR count). The van der Waals surface area contributed by atoms with Crippen LogP contribution < -0.4 is 5.73 Å². The summed E-state index contributed by atoms with van der Waals surface area (Å²) in [5.41, 5.74) is 10.3. The molecule has 0 unspecified atom stereocenters. The SMILES string of the molecule is Cc1ccc(C2=NO[C@H](CN)C2)cc1C. The highest BCUT2D eigenvalue weighted by molar-refractivity contribution is 6.01. The van der Waals surface area contributed by atoms with Gasteiger partial charge in [0.05, 0.1) is 5.71 Å². The lowest BCUT2D eigenvalue weighted by molar-refractivity contribution is 0.0918. The number of rotatable bonds is 2. The van der Waals surface area contributed by atoms with Crippen molar-refractivity contribution in [3.63, 3.8) is 0 Å². The summed E-state index contributed by atoms with van der Waals surface area (Å²) in [4.78, 5) is 5.20. The second-order valence-corrected chi connectivity index (χ2v) is 4.00. The van der Waals surface area contributed by atoms with E-state index in [1.165, 1.54) is 11.1 Å². The largest absolute Gasteiger partial charge is 0.390 e. The van der Waals surface area contributed by atoms with Gasteiger partial charge in [0.15, 0.2) is 0 Å². The third-order valence-electron chi connectivity index (χ3n) is 2.84. The Morgan fingerprint density at radius 1 is 1.40 bits per heavy atom. The molecule has 80 valence electrons. The number of benzene rings is 1. The van der Waals surface area contributed by atoms with Crippen LogP contribution in [0.15, 0.2) is 23.4 Å². The van der Waals surface area contributed by atoms with E-state index in [9.17, 15) is 0 Å². The van der Waals surface area contributed by atoms with Crippen LogP contribution in [0.4, 0.5) is 0 Å². The van der Waals surface area contributed by atoms with Gasteiger partial charge in [-0.15, -0.1) is 0 Å². The zero-order valence-corrected chi connectivity index (χ0v) is 9.16. The van der Waals surface area contributed by atoms with E-state index in [0.717, 1.165) is 17.7 Å². The fourth-order valence-corrected chi connectivity index (χ4v) is 1.65. The molecule has 0 aliphatic carbocycles. The quantitative estimate of drug-likeness (QED) is 0.797. The summed E-state index contributed by atoms with van der Waals surface area (Å²) in [7, 11) is 0. The maximum absolute atomic E-state index is 5.53. The fraction of sp³-hybridized carbons (Fsp3) is 0.417. The van der Waals surface area contributed by atoms with Crippen LogP contribution in [0.2, 0.25) is 0 Å². The van der Waals surface area contributed by atoms with Crippen LogP contribution in [0.3, 0.4) is 0 Å². The normalized spacial score (nSPS) is 19.9. The van der Waals surface area contributed by atoms with Crippen LogP contribution in [0, 0.1) is 13.8 Å². The fourth-order valence-electron chi connectivity index (χ4n) is 1.65. The van der Waals surface area contributed by atoms with Crippen LogP contribution in [0.5, 0.6) is 0 Å². The predicted octanol–water partition coefficient (Wildman–Crippen LogP) is 1.76. The van der Waals surface area contributed by atoms with Gasteiger partial charge in [-0.25, -0.2) is 0 Å². The number of hydrogen-bond donors (Lipinski definition) is 1. The molecular weight excluding hydrogens is 188 g/mol. The highest BCUT2D eigenvalue weighted by Gasteiger charge is 2.20. The molecule has 0 amide bonds. The van der Waals surface area contributed by atoms with E-state index in [2.05, 4.69) is 37.2 Å². The lowest BCUT2D eigenvalue weighted by atomic mass is 10.0. The zero-order valence-electron chi connectivity index (χ0n) is 9.16. The molecule has 1 aromatic carbocycles. The third-order valence-corrected chi connectivity index (χ3v) is 2.84. The van der Waals surface area contributed by atoms with Gasteiger partial charge in [-0.3, -0.25) is 0 Å². The van der Waals surface area contributed by atoms with Gasteiger partial charge in [0.2, 0.25) is 0 Å². The number of nitrogens with two attached hydrogens (primary N) is 1. The van der Waals surface area contributed by atoms with Crippen LogP contribution >= 0.6 is 0 Å². The van der Waals surface area contributed by atoms with E-state index in [-0.39, 0.29) is 6.10 Å². The molecule has 0 fully saturated rings. The molecule has 1 heterocycles. The molecule has 0 saturated carbocycles. The lowest BCUT2D eigenvalue weighted by Gasteiger charge is -2.04. The Morgan fingerprint density at radius 3 is 2.80 bits per heavy atom. The first-order valence-corrected chi connectivity index (χ1v) is 5.21. The molecule has 0 radical (unpaired) electrons. The van der Waals surface area contributed by atoms with Crippen molar-refractivity contribution in [1.82, 2.24) is 0 Å². The van der Waals surface area contributed by atoms with E-state index in [0.29, 0.717) is 6.54 Å². The van der Waals surface area contributed by atoms with Crippen molar-refractivity contribution in [2.75, 3.05) is 6.54 Å². The molecule has 1 aromatic rings. The first-order chi connectivity index (χ1) is 7.20. The lowest BCUT2D eigenvalue weighted by Crippen LogP contribution is -2.20. The standard InChI is InChI=1S/C12H16N2O/c1-8-3-4-10(5-9(8)2)12-6-11(7-13)15-14-12/h3-5,11H,6-7,13H2,1-2H3/t11-/m0/s1. The Labute approximate surface area is 89.9 Å².